The molecule has 0 spiro atoms. The molecule has 0 aromatic heterocycles. The summed E-state index contributed by atoms with van der Waals surface area (Å²) in [5, 5.41) is 8.36. The molecule has 0 unspecified atom stereocenters. The molecule has 2 aromatic rings. The number of carbonyl (C=O) groups is 1. The van der Waals surface area contributed by atoms with E-state index in [0.717, 1.165) is 32.4 Å². The molecule has 7 nitrogen and oxygen atoms in total. The Kier molecular flexibility index (Phi) is 6.29. The van der Waals surface area contributed by atoms with Crippen molar-refractivity contribution in [2.24, 2.45) is 5.14 Å². The molecular weight excluding hydrogens is 426 g/mol. The maximum absolute atomic E-state index is 13.1. The fraction of sp³-hybridized carbons (Fsp3) is 0.458. The average molecular weight is 458 g/mol. The maximum Gasteiger partial charge on any atom is 0.255 e. The first-order valence-electron chi connectivity index (χ1n) is 11.1. The lowest BCUT2D eigenvalue weighted by molar-refractivity contribution is 0.0927. The molecule has 0 bridgehead atoms. The summed E-state index contributed by atoms with van der Waals surface area (Å²) in [6.45, 7) is 6.29. The fourth-order valence-corrected chi connectivity index (χ4v) is 5.25. The molecule has 2 aliphatic heterocycles. The molecule has 2 aromatic carbocycles. The molecule has 32 heavy (non-hydrogen) atoms. The Balaban J connectivity index is 1.45. The summed E-state index contributed by atoms with van der Waals surface area (Å²) >= 11 is 0. The van der Waals surface area contributed by atoms with Crippen LogP contribution in [-0.4, -0.2) is 50.5 Å². The number of hydrogen-bond donors (Lipinski definition) is 2. The van der Waals surface area contributed by atoms with Gasteiger partial charge in [-0.25, -0.2) is 13.6 Å². The Bertz CT molecular complexity index is 1100. The summed E-state index contributed by atoms with van der Waals surface area (Å²) in [6, 6.07) is 13.5. The molecule has 1 fully saturated rings. The van der Waals surface area contributed by atoms with E-state index >= 15 is 0 Å². The lowest BCUT2D eigenvalue weighted by atomic mass is 10.0. The maximum atomic E-state index is 13.1. The molecule has 8 heteroatoms. The van der Waals surface area contributed by atoms with E-state index in [0.29, 0.717) is 24.3 Å². The normalized spacial score (nSPS) is 20.0. The van der Waals surface area contributed by atoms with Crippen molar-refractivity contribution in [3.05, 3.63) is 59.2 Å². The van der Waals surface area contributed by atoms with Crippen LogP contribution in [0.15, 0.2) is 47.4 Å². The summed E-state index contributed by atoms with van der Waals surface area (Å²) < 4.78 is 29.9. The van der Waals surface area contributed by atoms with Gasteiger partial charge in [0.15, 0.2) is 0 Å². The molecule has 1 amide bonds. The van der Waals surface area contributed by atoms with Crippen LogP contribution in [0.5, 0.6) is 5.75 Å². The number of ether oxygens (including phenoxy) is 1. The number of primary sulfonamides is 1. The number of amides is 1. The molecule has 1 saturated heterocycles. The summed E-state index contributed by atoms with van der Waals surface area (Å²) in [5.41, 5.74) is 1.72. The Morgan fingerprint density at radius 2 is 2.00 bits per heavy atom. The minimum atomic E-state index is -3.93. The number of benzene rings is 2. The van der Waals surface area contributed by atoms with E-state index in [4.69, 9.17) is 9.88 Å². The third-order valence-electron chi connectivity index (χ3n) is 6.23. The molecular formula is C24H31N3O4S. The number of nitrogens with one attached hydrogen (secondary N) is 1. The van der Waals surface area contributed by atoms with Gasteiger partial charge >= 0.3 is 0 Å². The minimum Gasteiger partial charge on any atom is -0.486 e. The van der Waals surface area contributed by atoms with E-state index in [1.165, 1.54) is 17.7 Å². The van der Waals surface area contributed by atoms with Crippen molar-refractivity contribution in [3.8, 4) is 5.75 Å². The number of rotatable bonds is 7. The minimum absolute atomic E-state index is 0.0620. The number of nitrogens with zero attached hydrogens (tertiary/aromatic N) is 1. The first kappa shape index (κ1) is 22.8. The van der Waals surface area contributed by atoms with E-state index in [2.05, 4.69) is 34.5 Å². The highest BCUT2D eigenvalue weighted by atomic mass is 32.2. The monoisotopic (exact) mass is 457 g/mol. The molecule has 0 saturated carbocycles. The topological polar surface area (TPSA) is 102 Å². The van der Waals surface area contributed by atoms with Crippen LogP contribution in [0.1, 0.15) is 48.2 Å². The van der Waals surface area contributed by atoms with Crippen LogP contribution in [0.4, 0.5) is 0 Å². The van der Waals surface area contributed by atoms with Crippen molar-refractivity contribution in [2.75, 3.05) is 19.6 Å². The standard InChI is InChI=1S/C24H31N3O4S/c1-24(2)15-18-13-20(32(25,29)30)14-21(22(18)31-24)23(28)26-16-19-9-6-11-27(19)12-10-17-7-4-3-5-8-17/h3-5,7-8,13-14,19H,6,9-12,15-16H2,1-2H3,(H,26,28)(H2,25,29,30)/t19-/m1/s1. The summed E-state index contributed by atoms with van der Waals surface area (Å²) in [6.07, 6.45) is 3.61. The third kappa shape index (κ3) is 5.14. The molecule has 0 radical (unpaired) electrons. The predicted octanol–water partition coefficient (Wildman–Crippen LogP) is 2.48. The number of nitrogens with two attached hydrogens (primary N) is 1. The van der Waals surface area contributed by atoms with Crippen LogP contribution in [-0.2, 0) is 22.9 Å². The van der Waals surface area contributed by atoms with Gasteiger partial charge in [0.05, 0.1) is 10.5 Å². The second-order valence-electron chi connectivity index (χ2n) is 9.32. The SMILES string of the molecule is CC1(C)Cc2cc(S(N)(=O)=O)cc(C(=O)NC[C@H]3CCCN3CCc3ccccc3)c2O1. The molecule has 0 aliphatic carbocycles. The smallest absolute Gasteiger partial charge is 0.255 e. The van der Waals surface area contributed by atoms with Gasteiger partial charge in [-0.1, -0.05) is 30.3 Å². The summed E-state index contributed by atoms with van der Waals surface area (Å²) in [7, 11) is -3.93. The zero-order chi connectivity index (χ0) is 22.9. The van der Waals surface area contributed by atoms with Crippen molar-refractivity contribution in [1.82, 2.24) is 10.2 Å². The summed E-state index contributed by atoms with van der Waals surface area (Å²) in [5.74, 6) is 0.117. The number of fused-ring (bicyclic) bond motifs is 1. The van der Waals surface area contributed by atoms with Gasteiger partial charge in [0.2, 0.25) is 10.0 Å². The van der Waals surface area contributed by atoms with E-state index in [9.17, 15) is 13.2 Å². The Morgan fingerprint density at radius 1 is 1.25 bits per heavy atom. The Labute approximate surface area is 190 Å². The molecule has 2 aliphatic rings. The lowest BCUT2D eigenvalue weighted by Gasteiger charge is -2.25. The van der Waals surface area contributed by atoms with Gasteiger partial charge in [-0.3, -0.25) is 9.69 Å². The fourth-order valence-electron chi connectivity index (χ4n) is 4.66. The van der Waals surface area contributed by atoms with Crippen LogP contribution in [0.2, 0.25) is 0 Å². The van der Waals surface area contributed by atoms with E-state index in [-0.39, 0.29) is 22.4 Å². The van der Waals surface area contributed by atoms with Gasteiger partial charge in [-0.2, -0.15) is 0 Å². The van der Waals surface area contributed by atoms with Gasteiger partial charge in [0.1, 0.15) is 11.4 Å². The third-order valence-corrected chi connectivity index (χ3v) is 7.13. The van der Waals surface area contributed by atoms with Crippen molar-refractivity contribution in [2.45, 2.75) is 56.1 Å². The molecule has 1 atom stereocenters. The van der Waals surface area contributed by atoms with Gasteiger partial charge in [0, 0.05) is 31.1 Å². The molecule has 172 valence electrons. The lowest BCUT2D eigenvalue weighted by Crippen LogP contribution is -2.41. The van der Waals surface area contributed by atoms with Gasteiger partial charge in [-0.15, -0.1) is 0 Å². The number of sulfonamides is 1. The highest BCUT2D eigenvalue weighted by molar-refractivity contribution is 7.89. The van der Waals surface area contributed by atoms with Crippen LogP contribution in [0.3, 0.4) is 0 Å². The largest absolute Gasteiger partial charge is 0.486 e. The van der Waals surface area contributed by atoms with Crippen molar-refractivity contribution in [1.29, 1.82) is 0 Å². The number of likely N-dealkylation sites (tertiary alicyclic amines) is 1. The van der Waals surface area contributed by atoms with Crippen LogP contribution in [0.25, 0.3) is 0 Å². The number of hydrogen-bond acceptors (Lipinski definition) is 5. The van der Waals surface area contributed by atoms with E-state index in [1.807, 2.05) is 19.9 Å². The van der Waals surface area contributed by atoms with Crippen LogP contribution in [0, 0.1) is 0 Å². The Hall–Kier alpha value is -2.42. The van der Waals surface area contributed by atoms with E-state index in [1.54, 1.807) is 0 Å². The van der Waals surface area contributed by atoms with Gasteiger partial charge in [-0.05, 0) is 57.4 Å². The zero-order valence-electron chi connectivity index (χ0n) is 18.6. The van der Waals surface area contributed by atoms with Gasteiger partial charge < -0.3 is 10.1 Å². The predicted molar refractivity (Wildman–Crippen MR) is 123 cm³/mol. The Morgan fingerprint density at radius 3 is 2.72 bits per heavy atom. The molecule has 2 heterocycles. The van der Waals surface area contributed by atoms with Crippen LogP contribution < -0.4 is 15.2 Å². The van der Waals surface area contributed by atoms with Crippen molar-refractivity contribution < 1.29 is 17.9 Å². The second kappa shape index (κ2) is 8.84. The number of carbonyl (C=O) groups excluding carboxylic acids is 1. The zero-order valence-corrected chi connectivity index (χ0v) is 19.5. The van der Waals surface area contributed by atoms with Crippen LogP contribution >= 0.6 is 0 Å². The quantitative estimate of drug-likeness (QED) is 0.665. The van der Waals surface area contributed by atoms with Crippen molar-refractivity contribution >= 4 is 15.9 Å². The highest BCUT2D eigenvalue weighted by Crippen LogP contribution is 2.39. The van der Waals surface area contributed by atoms with Gasteiger partial charge in [0.25, 0.3) is 5.91 Å². The van der Waals surface area contributed by atoms with Crippen molar-refractivity contribution in [3.63, 3.8) is 0 Å². The molecule has 3 N–H and O–H groups in total. The van der Waals surface area contributed by atoms with E-state index < -0.39 is 15.6 Å². The first-order valence-corrected chi connectivity index (χ1v) is 12.6. The summed E-state index contributed by atoms with van der Waals surface area (Å²) in [4.78, 5) is 15.4. The average Bonchev–Trinajstić information content (AvgIpc) is 3.31. The first-order chi connectivity index (χ1) is 15.1. The second-order valence-corrected chi connectivity index (χ2v) is 10.9. The highest BCUT2D eigenvalue weighted by Gasteiger charge is 2.35. The molecule has 4 rings (SSSR count).